The summed E-state index contributed by atoms with van der Waals surface area (Å²) >= 11 is 0. The Morgan fingerprint density at radius 3 is 2.52 bits per heavy atom. The van der Waals surface area contributed by atoms with Gasteiger partial charge in [-0.05, 0) is 44.0 Å². The molecule has 0 aliphatic rings. The van der Waals surface area contributed by atoms with E-state index in [0.29, 0.717) is 11.3 Å². The molecule has 1 atom stereocenters. The summed E-state index contributed by atoms with van der Waals surface area (Å²) in [5, 5.41) is 3.03. The molecule has 21 heavy (non-hydrogen) atoms. The standard InChI is InChI=1S/C18H21NO2/c1-12-9-10-15(13(2)11-12)14(3)19-18(20)16-7-5-6-8-17(16)21-4/h5-11,14H,1-4H3,(H,19,20). The van der Waals surface area contributed by atoms with Gasteiger partial charge in [0, 0.05) is 0 Å². The van der Waals surface area contributed by atoms with Crippen molar-refractivity contribution in [3.63, 3.8) is 0 Å². The molecular weight excluding hydrogens is 262 g/mol. The van der Waals surface area contributed by atoms with Gasteiger partial charge in [0.25, 0.3) is 5.91 Å². The predicted molar refractivity (Wildman–Crippen MR) is 84.8 cm³/mol. The molecule has 0 bridgehead atoms. The minimum atomic E-state index is -0.125. The first-order valence-corrected chi connectivity index (χ1v) is 7.04. The third-order valence-electron chi connectivity index (χ3n) is 3.59. The highest BCUT2D eigenvalue weighted by Crippen LogP contribution is 2.21. The maximum Gasteiger partial charge on any atom is 0.255 e. The van der Waals surface area contributed by atoms with Crippen LogP contribution in [0.15, 0.2) is 42.5 Å². The summed E-state index contributed by atoms with van der Waals surface area (Å²) in [5.41, 5.74) is 4.09. The number of carbonyl (C=O) groups is 1. The molecule has 0 saturated carbocycles. The summed E-state index contributed by atoms with van der Waals surface area (Å²) in [6.07, 6.45) is 0. The maximum absolute atomic E-state index is 12.4. The lowest BCUT2D eigenvalue weighted by Crippen LogP contribution is -2.27. The second-order valence-electron chi connectivity index (χ2n) is 5.26. The summed E-state index contributed by atoms with van der Waals surface area (Å²) in [4.78, 5) is 12.4. The Morgan fingerprint density at radius 1 is 1.14 bits per heavy atom. The summed E-state index contributed by atoms with van der Waals surface area (Å²) < 4.78 is 5.23. The number of ether oxygens (including phenoxy) is 1. The molecule has 0 spiro atoms. The summed E-state index contributed by atoms with van der Waals surface area (Å²) in [6, 6.07) is 13.4. The Bertz CT molecular complexity index is 649. The largest absolute Gasteiger partial charge is 0.496 e. The number of aryl methyl sites for hydroxylation is 2. The molecule has 2 rings (SSSR count). The van der Waals surface area contributed by atoms with E-state index in [2.05, 4.69) is 37.4 Å². The number of benzene rings is 2. The second-order valence-corrected chi connectivity index (χ2v) is 5.26. The highest BCUT2D eigenvalue weighted by Gasteiger charge is 2.16. The van der Waals surface area contributed by atoms with E-state index in [1.54, 1.807) is 19.2 Å². The van der Waals surface area contributed by atoms with Crippen LogP contribution in [0.3, 0.4) is 0 Å². The highest BCUT2D eigenvalue weighted by molar-refractivity contribution is 5.97. The molecule has 3 heteroatoms. The van der Waals surface area contributed by atoms with Crippen LogP contribution in [0, 0.1) is 13.8 Å². The van der Waals surface area contributed by atoms with Gasteiger partial charge in [0.1, 0.15) is 5.75 Å². The molecule has 0 fully saturated rings. The van der Waals surface area contributed by atoms with Crippen molar-refractivity contribution in [2.75, 3.05) is 7.11 Å². The Hall–Kier alpha value is -2.29. The van der Waals surface area contributed by atoms with Gasteiger partial charge in [0.2, 0.25) is 0 Å². The zero-order valence-electron chi connectivity index (χ0n) is 12.9. The molecule has 0 aromatic heterocycles. The first kappa shape index (κ1) is 15.1. The van der Waals surface area contributed by atoms with Gasteiger partial charge in [0.05, 0.1) is 18.7 Å². The van der Waals surface area contributed by atoms with Crippen LogP contribution >= 0.6 is 0 Å². The molecule has 3 nitrogen and oxygen atoms in total. The van der Waals surface area contributed by atoms with E-state index in [9.17, 15) is 4.79 Å². The van der Waals surface area contributed by atoms with Crippen LogP contribution in [-0.2, 0) is 0 Å². The minimum absolute atomic E-state index is 0.0528. The smallest absolute Gasteiger partial charge is 0.255 e. The molecule has 0 aliphatic carbocycles. The zero-order valence-corrected chi connectivity index (χ0v) is 12.9. The number of methoxy groups -OCH3 is 1. The van der Waals surface area contributed by atoms with Crippen molar-refractivity contribution in [2.24, 2.45) is 0 Å². The summed E-state index contributed by atoms with van der Waals surface area (Å²) in [5.74, 6) is 0.461. The van der Waals surface area contributed by atoms with Crippen LogP contribution in [0.2, 0.25) is 0 Å². The first-order chi connectivity index (χ1) is 10.0. The second kappa shape index (κ2) is 6.44. The number of hydrogen-bond acceptors (Lipinski definition) is 2. The fourth-order valence-corrected chi connectivity index (χ4v) is 2.50. The molecule has 1 N–H and O–H groups in total. The Kier molecular flexibility index (Phi) is 4.63. The predicted octanol–water partition coefficient (Wildman–Crippen LogP) is 3.80. The first-order valence-electron chi connectivity index (χ1n) is 7.04. The van der Waals surface area contributed by atoms with Crippen molar-refractivity contribution in [1.82, 2.24) is 5.32 Å². The molecule has 0 heterocycles. The minimum Gasteiger partial charge on any atom is -0.496 e. The molecule has 2 aromatic rings. The summed E-state index contributed by atoms with van der Waals surface area (Å²) in [6.45, 7) is 6.12. The number of nitrogens with one attached hydrogen (secondary N) is 1. The third-order valence-corrected chi connectivity index (χ3v) is 3.59. The van der Waals surface area contributed by atoms with Crippen LogP contribution in [0.25, 0.3) is 0 Å². The maximum atomic E-state index is 12.4. The van der Waals surface area contributed by atoms with Gasteiger partial charge in [-0.3, -0.25) is 4.79 Å². The molecule has 1 amide bonds. The Labute approximate surface area is 126 Å². The Morgan fingerprint density at radius 2 is 1.86 bits per heavy atom. The van der Waals surface area contributed by atoms with Gasteiger partial charge in [-0.25, -0.2) is 0 Å². The quantitative estimate of drug-likeness (QED) is 0.926. The van der Waals surface area contributed by atoms with E-state index in [-0.39, 0.29) is 11.9 Å². The van der Waals surface area contributed by atoms with Crippen molar-refractivity contribution in [3.05, 3.63) is 64.7 Å². The van der Waals surface area contributed by atoms with Gasteiger partial charge in [-0.1, -0.05) is 35.9 Å². The topological polar surface area (TPSA) is 38.3 Å². The molecule has 0 radical (unpaired) electrons. The van der Waals surface area contributed by atoms with Crippen molar-refractivity contribution in [3.8, 4) is 5.75 Å². The van der Waals surface area contributed by atoms with Crippen LogP contribution < -0.4 is 10.1 Å². The lowest BCUT2D eigenvalue weighted by Gasteiger charge is -2.18. The Balaban J connectivity index is 2.19. The van der Waals surface area contributed by atoms with E-state index < -0.39 is 0 Å². The highest BCUT2D eigenvalue weighted by atomic mass is 16.5. The number of amides is 1. The fourth-order valence-electron chi connectivity index (χ4n) is 2.50. The van der Waals surface area contributed by atoms with Gasteiger partial charge < -0.3 is 10.1 Å². The van der Waals surface area contributed by atoms with Crippen molar-refractivity contribution in [1.29, 1.82) is 0 Å². The van der Waals surface area contributed by atoms with Crippen LogP contribution in [0.5, 0.6) is 5.75 Å². The number of rotatable bonds is 4. The molecule has 1 unspecified atom stereocenters. The summed E-state index contributed by atoms with van der Waals surface area (Å²) in [7, 11) is 1.57. The number of carbonyl (C=O) groups excluding carboxylic acids is 1. The molecule has 110 valence electrons. The molecule has 0 saturated heterocycles. The van der Waals surface area contributed by atoms with E-state index >= 15 is 0 Å². The number of hydrogen-bond donors (Lipinski definition) is 1. The van der Waals surface area contributed by atoms with Crippen LogP contribution in [0.4, 0.5) is 0 Å². The normalized spacial score (nSPS) is 11.8. The van der Waals surface area contributed by atoms with Gasteiger partial charge in [-0.15, -0.1) is 0 Å². The lowest BCUT2D eigenvalue weighted by molar-refractivity contribution is 0.0937. The van der Waals surface area contributed by atoms with Crippen molar-refractivity contribution in [2.45, 2.75) is 26.8 Å². The van der Waals surface area contributed by atoms with Crippen LogP contribution in [0.1, 0.15) is 40.0 Å². The molecule has 0 aliphatic heterocycles. The SMILES string of the molecule is COc1ccccc1C(=O)NC(C)c1ccc(C)cc1C. The van der Waals surface area contributed by atoms with E-state index in [0.717, 1.165) is 5.56 Å². The average Bonchev–Trinajstić information content (AvgIpc) is 2.46. The van der Waals surface area contributed by atoms with Crippen molar-refractivity contribution < 1.29 is 9.53 Å². The zero-order chi connectivity index (χ0) is 15.4. The van der Waals surface area contributed by atoms with E-state index in [4.69, 9.17) is 4.74 Å². The third kappa shape index (κ3) is 3.43. The van der Waals surface area contributed by atoms with E-state index in [1.165, 1.54) is 11.1 Å². The molecule has 2 aromatic carbocycles. The lowest BCUT2D eigenvalue weighted by atomic mass is 10.00. The monoisotopic (exact) mass is 283 g/mol. The van der Waals surface area contributed by atoms with E-state index in [1.807, 2.05) is 19.1 Å². The number of para-hydroxylation sites is 1. The van der Waals surface area contributed by atoms with Crippen molar-refractivity contribution >= 4 is 5.91 Å². The van der Waals surface area contributed by atoms with Gasteiger partial charge in [-0.2, -0.15) is 0 Å². The van der Waals surface area contributed by atoms with Gasteiger partial charge in [0.15, 0.2) is 0 Å². The van der Waals surface area contributed by atoms with Gasteiger partial charge >= 0.3 is 0 Å². The van der Waals surface area contributed by atoms with Crippen LogP contribution in [-0.4, -0.2) is 13.0 Å². The fraction of sp³-hybridized carbons (Fsp3) is 0.278. The molecular formula is C18H21NO2. The average molecular weight is 283 g/mol.